The van der Waals surface area contributed by atoms with Gasteiger partial charge in [0.05, 0.1) is 12.2 Å². The van der Waals surface area contributed by atoms with E-state index in [2.05, 4.69) is 0 Å². The van der Waals surface area contributed by atoms with Crippen molar-refractivity contribution in [3.8, 4) is 0 Å². The van der Waals surface area contributed by atoms with Crippen LogP contribution in [0.25, 0.3) is 0 Å². The molecule has 6 nitrogen and oxygen atoms in total. The molecule has 1 aliphatic heterocycles. The Kier molecular flexibility index (Phi) is 4.59. The minimum atomic E-state index is -1.91. The fourth-order valence-electron chi connectivity index (χ4n) is 8.68. The maximum absolute atomic E-state index is 17.4. The van der Waals surface area contributed by atoms with Crippen LogP contribution in [-0.2, 0) is 19.1 Å². The van der Waals surface area contributed by atoms with Gasteiger partial charge >= 0.3 is 0 Å². The molecule has 0 spiro atoms. The molecular formula is C25H35FO6. The summed E-state index contributed by atoms with van der Waals surface area (Å²) in [5, 5.41) is 21.4. The first-order chi connectivity index (χ1) is 14.8. The van der Waals surface area contributed by atoms with E-state index in [9.17, 15) is 19.8 Å². The molecule has 0 amide bonds. The molecule has 0 bridgehead atoms. The van der Waals surface area contributed by atoms with Crippen molar-refractivity contribution in [1.82, 2.24) is 0 Å². The minimum absolute atomic E-state index is 0.00381. The number of hydrogen-bond donors (Lipinski definition) is 2. The average Bonchev–Trinajstić information content (AvgIpc) is 3.11. The number of halogens is 1. The molecule has 32 heavy (non-hydrogen) atoms. The Bertz CT molecular complexity index is 914. The van der Waals surface area contributed by atoms with Crippen molar-refractivity contribution in [1.29, 1.82) is 0 Å². The van der Waals surface area contributed by atoms with Crippen molar-refractivity contribution in [3.05, 3.63) is 11.6 Å². The maximum Gasteiger partial charge on any atom is 0.193 e. The fraction of sp³-hybridized carbons (Fsp3) is 0.840. The monoisotopic (exact) mass is 450 g/mol. The van der Waals surface area contributed by atoms with Crippen molar-refractivity contribution in [2.24, 2.45) is 28.6 Å². The zero-order chi connectivity index (χ0) is 23.5. The Morgan fingerprint density at radius 1 is 1.22 bits per heavy atom. The lowest BCUT2D eigenvalue weighted by Crippen LogP contribution is -2.71. The van der Waals surface area contributed by atoms with E-state index < -0.39 is 58.4 Å². The number of rotatable bonds is 2. The van der Waals surface area contributed by atoms with Crippen LogP contribution in [0.15, 0.2) is 11.6 Å². The molecule has 0 aromatic carbocycles. The summed E-state index contributed by atoms with van der Waals surface area (Å²) >= 11 is 0. The van der Waals surface area contributed by atoms with Gasteiger partial charge in [-0.1, -0.05) is 26.3 Å². The molecule has 0 unspecified atom stereocenters. The second kappa shape index (κ2) is 6.49. The lowest BCUT2D eigenvalue weighted by atomic mass is 9.42. The maximum atomic E-state index is 17.4. The SMILES string of the molecule is C[C@H]1C[C@H]2[C@@H]3C[C@H]4OC(C)(C)O[C@@]4(C(=O)CO)[C@@]3(C)C[C@H](O)[C@]2(F)[C@@]2(C)CCC(=O)C=C12. The number of aliphatic hydroxyl groups excluding tert-OH is 2. The number of allylic oxidation sites excluding steroid dienone is 1. The van der Waals surface area contributed by atoms with Crippen molar-refractivity contribution in [2.75, 3.05) is 6.61 Å². The summed E-state index contributed by atoms with van der Waals surface area (Å²) in [6.45, 7) is 8.59. The fourth-order valence-corrected chi connectivity index (χ4v) is 8.68. The molecule has 1 saturated heterocycles. The molecule has 5 rings (SSSR count). The topological polar surface area (TPSA) is 93.1 Å². The number of Topliss-reactive ketones (excluding diaryl/α,β-unsaturated/α-hetero) is 1. The van der Waals surface area contributed by atoms with E-state index in [0.29, 0.717) is 19.3 Å². The van der Waals surface area contributed by atoms with E-state index in [1.54, 1.807) is 19.9 Å². The quantitative estimate of drug-likeness (QED) is 0.672. The first-order valence-corrected chi connectivity index (χ1v) is 11.9. The third kappa shape index (κ3) is 2.39. The number of fused-ring (bicyclic) bond motifs is 7. The molecule has 5 aliphatic rings. The highest BCUT2D eigenvalue weighted by Crippen LogP contribution is 2.73. The normalized spacial score (nSPS) is 53.7. The molecule has 4 fully saturated rings. The second-order valence-electron chi connectivity index (χ2n) is 11.8. The first-order valence-electron chi connectivity index (χ1n) is 11.9. The third-order valence-corrected chi connectivity index (χ3v) is 9.92. The molecule has 9 atom stereocenters. The molecule has 4 aliphatic carbocycles. The van der Waals surface area contributed by atoms with Crippen LogP contribution in [0.5, 0.6) is 0 Å². The van der Waals surface area contributed by atoms with Gasteiger partial charge < -0.3 is 19.7 Å². The Labute approximate surface area is 188 Å². The smallest absolute Gasteiger partial charge is 0.193 e. The number of aliphatic hydroxyl groups is 2. The summed E-state index contributed by atoms with van der Waals surface area (Å²) in [6, 6.07) is 0. The predicted molar refractivity (Wildman–Crippen MR) is 113 cm³/mol. The van der Waals surface area contributed by atoms with Gasteiger partial charge in [-0.25, -0.2) is 4.39 Å². The van der Waals surface area contributed by atoms with E-state index in [-0.39, 0.29) is 30.5 Å². The number of hydrogen-bond acceptors (Lipinski definition) is 6. The molecule has 1 heterocycles. The number of ether oxygens (including phenoxy) is 2. The average molecular weight is 451 g/mol. The van der Waals surface area contributed by atoms with Crippen LogP contribution < -0.4 is 0 Å². The van der Waals surface area contributed by atoms with Gasteiger partial charge in [-0.15, -0.1) is 0 Å². The minimum Gasteiger partial charge on any atom is -0.390 e. The number of carbonyl (C=O) groups is 2. The lowest BCUT2D eigenvalue weighted by Gasteiger charge is -2.64. The standard InChI is InChI=1S/C25H35FO6/c1-13-8-17-16-10-20-25(19(30)12-27,32-21(2,3)31-20)23(16,5)11-18(29)24(17,26)22(4)7-6-14(28)9-15(13)22/h9,13,16-18,20,27,29H,6-8,10-12H2,1-5H3/t13-,16-,17-,18-,20+,22-,23-,24-,25+/m0/s1. The summed E-state index contributed by atoms with van der Waals surface area (Å²) in [5.74, 6) is -2.22. The van der Waals surface area contributed by atoms with Crippen LogP contribution in [0.2, 0.25) is 0 Å². The van der Waals surface area contributed by atoms with Crippen LogP contribution in [0.4, 0.5) is 4.39 Å². The molecule has 0 aromatic rings. The highest BCUT2D eigenvalue weighted by molar-refractivity contribution is 5.92. The van der Waals surface area contributed by atoms with Gasteiger partial charge in [-0.2, -0.15) is 0 Å². The molecule has 178 valence electrons. The Hall–Kier alpha value is -1.15. The summed E-state index contributed by atoms with van der Waals surface area (Å²) in [4.78, 5) is 25.4. The van der Waals surface area contributed by atoms with Crippen LogP contribution >= 0.6 is 0 Å². The van der Waals surface area contributed by atoms with Crippen LogP contribution in [0.1, 0.15) is 66.7 Å². The molecule has 0 aromatic heterocycles. The van der Waals surface area contributed by atoms with E-state index in [0.717, 1.165) is 5.57 Å². The van der Waals surface area contributed by atoms with Crippen LogP contribution in [-0.4, -0.2) is 57.7 Å². The van der Waals surface area contributed by atoms with Gasteiger partial charge in [0.15, 0.2) is 23.0 Å². The molecule has 3 saturated carbocycles. The first kappa shape index (κ1) is 22.6. The van der Waals surface area contributed by atoms with E-state index in [1.165, 1.54) is 0 Å². The zero-order valence-corrected chi connectivity index (χ0v) is 19.6. The van der Waals surface area contributed by atoms with Crippen molar-refractivity contribution >= 4 is 11.6 Å². The van der Waals surface area contributed by atoms with Gasteiger partial charge in [-0.05, 0) is 57.4 Å². The van der Waals surface area contributed by atoms with Crippen molar-refractivity contribution in [3.63, 3.8) is 0 Å². The molecule has 2 N–H and O–H groups in total. The summed E-state index contributed by atoms with van der Waals surface area (Å²) in [7, 11) is 0. The molecule has 7 heteroatoms. The van der Waals surface area contributed by atoms with Crippen molar-refractivity contribution in [2.45, 2.75) is 96.0 Å². The van der Waals surface area contributed by atoms with Gasteiger partial charge in [-0.3, -0.25) is 9.59 Å². The van der Waals surface area contributed by atoms with Gasteiger partial charge in [0.2, 0.25) is 0 Å². The Balaban J connectivity index is 1.65. The number of alkyl halides is 1. The molecular weight excluding hydrogens is 415 g/mol. The summed E-state index contributed by atoms with van der Waals surface area (Å²) in [6.07, 6.45) is 1.30. The highest BCUT2D eigenvalue weighted by atomic mass is 19.1. The summed E-state index contributed by atoms with van der Waals surface area (Å²) in [5.41, 5.74) is -4.33. The van der Waals surface area contributed by atoms with Crippen LogP contribution in [0.3, 0.4) is 0 Å². The zero-order valence-electron chi connectivity index (χ0n) is 19.6. The third-order valence-electron chi connectivity index (χ3n) is 9.92. The van der Waals surface area contributed by atoms with Gasteiger partial charge in [0.1, 0.15) is 12.3 Å². The van der Waals surface area contributed by atoms with Gasteiger partial charge in [0.25, 0.3) is 0 Å². The van der Waals surface area contributed by atoms with Crippen LogP contribution in [0, 0.1) is 28.6 Å². The second-order valence-corrected chi connectivity index (χ2v) is 11.8. The van der Waals surface area contributed by atoms with E-state index >= 15 is 4.39 Å². The van der Waals surface area contributed by atoms with Gasteiger partial charge in [0, 0.05) is 23.2 Å². The van der Waals surface area contributed by atoms with E-state index in [4.69, 9.17) is 9.47 Å². The lowest BCUT2D eigenvalue weighted by molar-refractivity contribution is -0.254. The molecule has 0 radical (unpaired) electrons. The van der Waals surface area contributed by atoms with E-state index in [1.807, 2.05) is 20.8 Å². The highest BCUT2D eigenvalue weighted by Gasteiger charge is 2.80. The number of ketones is 2. The van der Waals surface area contributed by atoms with Crippen molar-refractivity contribution < 1.29 is 33.7 Å². The summed E-state index contributed by atoms with van der Waals surface area (Å²) < 4.78 is 29.8. The number of carbonyl (C=O) groups excluding carboxylic acids is 2. The largest absolute Gasteiger partial charge is 0.390 e. The Morgan fingerprint density at radius 2 is 1.91 bits per heavy atom. The predicted octanol–water partition coefficient (Wildman–Crippen LogP) is 2.89. The Morgan fingerprint density at radius 3 is 2.56 bits per heavy atom.